The van der Waals surface area contributed by atoms with Gasteiger partial charge in [0.15, 0.2) is 0 Å². The average Bonchev–Trinajstić information content (AvgIpc) is 3.48. The molecule has 4 rings (SSSR count). The van der Waals surface area contributed by atoms with E-state index in [0.717, 1.165) is 38.1 Å². The number of aromatic nitrogens is 2. The Hall–Kier alpha value is -2.82. The predicted molar refractivity (Wildman–Crippen MR) is 115 cm³/mol. The highest BCUT2D eigenvalue weighted by Crippen LogP contribution is 2.33. The van der Waals surface area contributed by atoms with Gasteiger partial charge >= 0.3 is 24.3 Å². The van der Waals surface area contributed by atoms with Gasteiger partial charge in [-0.1, -0.05) is 6.07 Å². The van der Waals surface area contributed by atoms with Gasteiger partial charge in [-0.2, -0.15) is 26.3 Å². The Labute approximate surface area is 210 Å². The lowest BCUT2D eigenvalue weighted by molar-refractivity contribution is -0.193. The van der Waals surface area contributed by atoms with E-state index in [2.05, 4.69) is 20.9 Å². The van der Waals surface area contributed by atoms with Crippen LogP contribution in [-0.4, -0.2) is 80.8 Å². The Morgan fingerprint density at radius 1 is 1.11 bits per heavy atom. The number of hydrogen-bond donors (Lipinski definition) is 2. The molecular formula is C21H23F6N3O6S. The fourth-order valence-electron chi connectivity index (χ4n) is 3.56. The third-order valence-electron chi connectivity index (χ3n) is 5.14. The monoisotopic (exact) mass is 559 g/mol. The van der Waals surface area contributed by atoms with Crippen LogP contribution in [0.25, 0.3) is 0 Å². The Kier molecular flexibility index (Phi) is 11.2. The normalized spacial score (nSPS) is 21.6. The average molecular weight is 559 g/mol. The summed E-state index contributed by atoms with van der Waals surface area (Å²) in [5.74, 6) is -5.51. The molecule has 1 aliphatic carbocycles. The molecule has 206 valence electrons. The zero-order chi connectivity index (χ0) is 27.6. The maximum absolute atomic E-state index is 10.6. The number of ether oxygens (including phenoxy) is 2. The van der Waals surface area contributed by atoms with E-state index in [4.69, 9.17) is 29.3 Å². The highest BCUT2D eigenvalue weighted by atomic mass is 32.1. The van der Waals surface area contributed by atoms with E-state index in [-0.39, 0.29) is 12.2 Å². The number of morpholine rings is 1. The van der Waals surface area contributed by atoms with E-state index in [0.29, 0.717) is 12.6 Å². The van der Waals surface area contributed by atoms with Crippen LogP contribution in [0.1, 0.15) is 23.4 Å². The minimum atomic E-state index is -5.08. The van der Waals surface area contributed by atoms with Gasteiger partial charge in [-0.25, -0.2) is 14.6 Å². The molecule has 1 aliphatic heterocycles. The standard InChI is InChI=1S/C17H21N3O2S.2C2HF3O2/c1-2-13(10-18-5-1)12-22-15-4-3-14-17(15)21-8-7-20(14)11-16-19-6-9-23-16;2*3-2(4,5)1(6)7/h1-2,5-6,9-10,14-15,17H,3-4,7-8,11-12H2;2*(H,6,7)/t14-,15-,17-;;/m0../s1. The minimum absolute atomic E-state index is 0.180. The molecule has 2 aromatic rings. The summed E-state index contributed by atoms with van der Waals surface area (Å²) in [6.45, 7) is 3.30. The van der Waals surface area contributed by atoms with Crippen LogP contribution >= 0.6 is 11.3 Å². The zero-order valence-corrected chi connectivity index (χ0v) is 19.8. The molecule has 3 atom stereocenters. The summed E-state index contributed by atoms with van der Waals surface area (Å²) in [5, 5.41) is 17.5. The number of thiazole rings is 1. The number of fused-ring (bicyclic) bond motifs is 1. The maximum atomic E-state index is 10.6. The first-order chi connectivity index (χ1) is 17.3. The molecule has 3 heterocycles. The van der Waals surface area contributed by atoms with E-state index < -0.39 is 24.3 Å². The third-order valence-corrected chi connectivity index (χ3v) is 5.91. The maximum Gasteiger partial charge on any atom is 0.490 e. The molecular weight excluding hydrogens is 536 g/mol. The third kappa shape index (κ3) is 10.2. The highest BCUT2D eigenvalue weighted by molar-refractivity contribution is 7.09. The molecule has 0 bridgehead atoms. The fraction of sp³-hybridized carbons (Fsp3) is 0.524. The van der Waals surface area contributed by atoms with Crippen LogP contribution in [0.15, 0.2) is 36.1 Å². The SMILES string of the molecule is O=C(O)C(F)(F)F.O=C(O)C(F)(F)F.c1cncc(CO[C@H]2CC[C@H]3[C@@H]2OCCN3Cc2nccs2)c1. The first-order valence-electron chi connectivity index (χ1n) is 10.6. The van der Waals surface area contributed by atoms with Crippen molar-refractivity contribution in [2.75, 3.05) is 13.2 Å². The van der Waals surface area contributed by atoms with Crippen molar-refractivity contribution >= 4 is 23.3 Å². The molecule has 37 heavy (non-hydrogen) atoms. The summed E-state index contributed by atoms with van der Waals surface area (Å²) in [4.78, 5) is 28.9. The van der Waals surface area contributed by atoms with Gasteiger partial charge in [-0.05, 0) is 24.5 Å². The molecule has 0 spiro atoms. The number of aliphatic carboxylic acids is 2. The van der Waals surface area contributed by atoms with Crippen molar-refractivity contribution in [1.29, 1.82) is 0 Å². The van der Waals surface area contributed by atoms with Gasteiger partial charge in [0.05, 0.1) is 32.0 Å². The molecule has 16 heteroatoms. The Morgan fingerprint density at radius 2 is 1.76 bits per heavy atom. The van der Waals surface area contributed by atoms with E-state index in [1.54, 1.807) is 17.5 Å². The Bertz CT molecular complexity index is 953. The van der Waals surface area contributed by atoms with Crippen LogP contribution < -0.4 is 0 Å². The first kappa shape index (κ1) is 30.4. The molecule has 2 N–H and O–H groups in total. The second-order valence-corrected chi connectivity index (χ2v) is 8.67. The topological polar surface area (TPSA) is 122 Å². The lowest BCUT2D eigenvalue weighted by Crippen LogP contribution is -2.51. The van der Waals surface area contributed by atoms with Crippen molar-refractivity contribution in [1.82, 2.24) is 14.9 Å². The molecule has 0 radical (unpaired) electrons. The quantitative estimate of drug-likeness (QED) is 0.528. The van der Waals surface area contributed by atoms with Gasteiger partial charge in [0.25, 0.3) is 0 Å². The largest absolute Gasteiger partial charge is 0.490 e. The molecule has 2 aromatic heterocycles. The summed E-state index contributed by atoms with van der Waals surface area (Å²) in [7, 11) is 0. The van der Waals surface area contributed by atoms with Gasteiger partial charge < -0.3 is 19.7 Å². The van der Waals surface area contributed by atoms with Crippen LogP contribution in [0.2, 0.25) is 0 Å². The summed E-state index contributed by atoms with van der Waals surface area (Å²) in [5.41, 5.74) is 1.12. The lowest BCUT2D eigenvalue weighted by atomic mass is 10.1. The fourth-order valence-corrected chi connectivity index (χ4v) is 4.20. The molecule has 9 nitrogen and oxygen atoms in total. The van der Waals surface area contributed by atoms with Gasteiger partial charge in [0.2, 0.25) is 0 Å². The van der Waals surface area contributed by atoms with Crippen molar-refractivity contribution < 1.29 is 55.6 Å². The number of rotatable bonds is 5. The van der Waals surface area contributed by atoms with Crippen LogP contribution in [0.5, 0.6) is 0 Å². The number of carbonyl (C=O) groups is 2. The molecule has 1 saturated carbocycles. The minimum Gasteiger partial charge on any atom is -0.475 e. The van der Waals surface area contributed by atoms with Crippen LogP contribution in [0, 0.1) is 0 Å². The van der Waals surface area contributed by atoms with Crippen molar-refractivity contribution in [3.05, 3.63) is 46.7 Å². The van der Waals surface area contributed by atoms with E-state index >= 15 is 0 Å². The van der Waals surface area contributed by atoms with Gasteiger partial charge in [0, 0.05) is 36.6 Å². The van der Waals surface area contributed by atoms with Crippen molar-refractivity contribution in [2.24, 2.45) is 0 Å². The lowest BCUT2D eigenvalue weighted by Gasteiger charge is -2.38. The number of halogens is 6. The number of nitrogens with zero attached hydrogens (tertiary/aromatic N) is 3. The van der Waals surface area contributed by atoms with Gasteiger partial charge in [-0.3, -0.25) is 9.88 Å². The number of pyridine rings is 1. The van der Waals surface area contributed by atoms with E-state index in [1.165, 1.54) is 5.01 Å². The molecule has 0 aromatic carbocycles. The van der Waals surface area contributed by atoms with Crippen molar-refractivity contribution in [3.8, 4) is 0 Å². The number of carboxylic acid groups (broad SMARTS) is 2. The molecule has 0 unspecified atom stereocenters. The molecule has 1 saturated heterocycles. The van der Waals surface area contributed by atoms with E-state index in [1.807, 2.05) is 23.8 Å². The van der Waals surface area contributed by atoms with Crippen LogP contribution in [0.3, 0.4) is 0 Å². The summed E-state index contributed by atoms with van der Waals surface area (Å²) < 4.78 is 75.7. The van der Waals surface area contributed by atoms with Crippen LogP contribution in [-0.2, 0) is 32.2 Å². The molecule has 2 aliphatic rings. The zero-order valence-electron chi connectivity index (χ0n) is 19.0. The summed E-state index contributed by atoms with van der Waals surface area (Å²) in [6.07, 6.45) is -2.08. The number of hydrogen-bond acceptors (Lipinski definition) is 8. The van der Waals surface area contributed by atoms with Crippen molar-refractivity contribution in [3.63, 3.8) is 0 Å². The first-order valence-corrected chi connectivity index (χ1v) is 11.5. The molecule has 0 amide bonds. The highest BCUT2D eigenvalue weighted by Gasteiger charge is 2.43. The van der Waals surface area contributed by atoms with Gasteiger partial charge in [0.1, 0.15) is 5.01 Å². The predicted octanol–water partition coefficient (Wildman–Crippen LogP) is 3.75. The summed E-state index contributed by atoms with van der Waals surface area (Å²) >= 11 is 1.73. The van der Waals surface area contributed by atoms with Crippen molar-refractivity contribution in [2.45, 2.75) is 56.6 Å². The van der Waals surface area contributed by atoms with E-state index in [9.17, 15) is 26.3 Å². The smallest absolute Gasteiger partial charge is 0.475 e. The number of alkyl halides is 6. The second kappa shape index (κ2) is 13.6. The second-order valence-electron chi connectivity index (χ2n) is 7.69. The molecule has 2 fully saturated rings. The Morgan fingerprint density at radius 3 is 2.27 bits per heavy atom. The van der Waals surface area contributed by atoms with Gasteiger partial charge in [-0.15, -0.1) is 11.3 Å². The van der Waals surface area contributed by atoms with Crippen LogP contribution in [0.4, 0.5) is 26.3 Å². The summed E-state index contributed by atoms with van der Waals surface area (Å²) in [6, 6.07) is 4.45. The Balaban J connectivity index is 0.000000286. The number of carboxylic acids is 2.